The van der Waals surface area contributed by atoms with E-state index >= 15 is 0 Å². The fraction of sp³-hybridized carbons (Fsp3) is 0.467. The average molecular weight is 273 g/mol. The van der Waals surface area contributed by atoms with Gasteiger partial charge in [-0.25, -0.2) is 0 Å². The van der Waals surface area contributed by atoms with E-state index in [4.69, 9.17) is 4.74 Å². The minimum absolute atomic E-state index is 0.124. The molecule has 0 amide bonds. The van der Waals surface area contributed by atoms with E-state index in [1.165, 1.54) is 7.11 Å². The molecule has 2 heterocycles. The average Bonchev–Trinajstić information content (AvgIpc) is 3.05. The van der Waals surface area contributed by atoms with Gasteiger partial charge in [0.15, 0.2) is 0 Å². The second-order valence-corrected chi connectivity index (χ2v) is 5.24. The van der Waals surface area contributed by atoms with E-state index in [9.17, 15) is 4.79 Å². The maximum Gasteiger partial charge on any atom is 0.323 e. The minimum atomic E-state index is -0.136. The number of carbonyl (C=O) groups excluding carboxylic acids is 1. The van der Waals surface area contributed by atoms with Crippen molar-refractivity contribution < 1.29 is 9.53 Å². The van der Waals surface area contributed by atoms with E-state index in [0.29, 0.717) is 6.54 Å². The first-order valence-electron chi connectivity index (χ1n) is 6.93. The quantitative estimate of drug-likeness (QED) is 0.799. The van der Waals surface area contributed by atoms with E-state index in [-0.39, 0.29) is 12.0 Å². The van der Waals surface area contributed by atoms with Crippen molar-refractivity contribution in [2.75, 3.05) is 13.7 Å². The molecule has 106 valence electrons. The fourth-order valence-corrected chi connectivity index (χ4v) is 3.02. The third-order valence-electron chi connectivity index (χ3n) is 4.02. The molecule has 5 heteroatoms. The van der Waals surface area contributed by atoms with Gasteiger partial charge in [-0.05, 0) is 25.5 Å². The number of fused-ring (bicyclic) bond motifs is 1. The van der Waals surface area contributed by atoms with Crippen molar-refractivity contribution in [1.82, 2.24) is 14.7 Å². The number of esters is 1. The molecule has 1 aromatic heterocycles. The molecular weight excluding hydrogens is 254 g/mol. The Morgan fingerprint density at radius 3 is 3.05 bits per heavy atom. The Morgan fingerprint density at radius 2 is 2.25 bits per heavy atom. The van der Waals surface area contributed by atoms with E-state index in [1.807, 2.05) is 23.9 Å². The number of ether oxygens (including phenoxy) is 1. The summed E-state index contributed by atoms with van der Waals surface area (Å²) in [5, 5.41) is 5.75. The van der Waals surface area contributed by atoms with Gasteiger partial charge in [-0.3, -0.25) is 14.4 Å². The number of hydrogen-bond acceptors (Lipinski definition) is 4. The number of carbonyl (C=O) groups is 1. The lowest BCUT2D eigenvalue weighted by Gasteiger charge is -2.21. The molecule has 0 saturated carbocycles. The Balaban J connectivity index is 1.88. The highest BCUT2D eigenvalue weighted by Crippen LogP contribution is 2.24. The maximum absolute atomic E-state index is 11.8. The van der Waals surface area contributed by atoms with Crippen LogP contribution in [-0.2, 0) is 23.1 Å². The summed E-state index contributed by atoms with van der Waals surface area (Å²) in [7, 11) is 3.41. The summed E-state index contributed by atoms with van der Waals surface area (Å²) >= 11 is 0. The third-order valence-corrected chi connectivity index (χ3v) is 4.02. The zero-order valence-electron chi connectivity index (χ0n) is 11.9. The SMILES string of the molecule is COC(=O)C1CCCN1Cc1nn(C)c2ccccc12. The number of hydrogen-bond donors (Lipinski definition) is 0. The topological polar surface area (TPSA) is 47.4 Å². The van der Waals surface area contributed by atoms with Crippen molar-refractivity contribution in [3.05, 3.63) is 30.0 Å². The van der Waals surface area contributed by atoms with Crippen LogP contribution in [0.1, 0.15) is 18.5 Å². The molecule has 20 heavy (non-hydrogen) atoms. The van der Waals surface area contributed by atoms with Crippen molar-refractivity contribution in [3.8, 4) is 0 Å². The molecule has 0 radical (unpaired) electrons. The molecule has 0 spiro atoms. The van der Waals surface area contributed by atoms with Gasteiger partial charge < -0.3 is 4.74 Å². The molecule has 2 aromatic rings. The van der Waals surface area contributed by atoms with Crippen LogP contribution in [0.3, 0.4) is 0 Å². The number of para-hydroxylation sites is 1. The normalized spacial score (nSPS) is 19.6. The van der Waals surface area contributed by atoms with Crippen LogP contribution in [0.5, 0.6) is 0 Å². The van der Waals surface area contributed by atoms with Gasteiger partial charge >= 0.3 is 5.97 Å². The van der Waals surface area contributed by atoms with Gasteiger partial charge in [0.2, 0.25) is 0 Å². The first-order chi connectivity index (χ1) is 9.70. The minimum Gasteiger partial charge on any atom is -0.468 e. The number of aryl methyl sites for hydroxylation is 1. The lowest BCUT2D eigenvalue weighted by atomic mass is 10.2. The smallest absolute Gasteiger partial charge is 0.323 e. The van der Waals surface area contributed by atoms with Gasteiger partial charge in [-0.2, -0.15) is 5.10 Å². The van der Waals surface area contributed by atoms with Crippen LogP contribution in [0.25, 0.3) is 10.9 Å². The van der Waals surface area contributed by atoms with Crippen LogP contribution in [0.15, 0.2) is 24.3 Å². The molecule has 0 bridgehead atoms. The molecule has 1 fully saturated rings. The highest BCUT2D eigenvalue weighted by Gasteiger charge is 2.32. The Bertz CT molecular complexity index is 635. The number of methoxy groups -OCH3 is 1. The van der Waals surface area contributed by atoms with Gasteiger partial charge in [0.05, 0.1) is 18.3 Å². The molecular formula is C15H19N3O2. The molecule has 1 saturated heterocycles. The van der Waals surface area contributed by atoms with Crippen molar-refractivity contribution in [3.63, 3.8) is 0 Å². The molecule has 1 aliphatic rings. The standard InChI is InChI=1S/C15H19N3O2/c1-17-13-7-4-3-6-11(13)12(16-17)10-18-9-5-8-14(18)15(19)20-2/h3-4,6-7,14H,5,8-10H2,1-2H3. The predicted octanol–water partition coefficient (Wildman–Crippen LogP) is 1.71. The molecule has 1 aromatic carbocycles. The Labute approximate surface area is 118 Å². The van der Waals surface area contributed by atoms with Crippen LogP contribution in [0.4, 0.5) is 0 Å². The van der Waals surface area contributed by atoms with Gasteiger partial charge in [-0.1, -0.05) is 18.2 Å². The summed E-state index contributed by atoms with van der Waals surface area (Å²) < 4.78 is 6.79. The monoisotopic (exact) mass is 273 g/mol. The van der Waals surface area contributed by atoms with Crippen LogP contribution in [-0.4, -0.2) is 40.3 Å². The van der Waals surface area contributed by atoms with Crippen LogP contribution >= 0.6 is 0 Å². The number of benzene rings is 1. The third kappa shape index (κ3) is 2.18. The summed E-state index contributed by atoms with van der Waals surface area (Å²) in [5.74, 6) is -0.136. The van der Waals surface area contributed by atoms with Gasteiger partial charge in [0.1, 0.15) is 6.04 Å². The fourth-order valence-electron chi connectivity index (χ4n) is 3.02. The summed E-state index contributed by atoms with van der Waals surface area (Å²) in [6.45, 7) is 1.62. The van der Waals surface area contributed by atoms with E-state index in [0.717, 1.165) is 36.0 Å². The predicted molar refractivity (Wildman–Crippen MR) is 76.2 cm³/mol. The van der Waals surface area contributed by atoms with E-state index in [2.05, 4.69) is 22.1 Å². The summed E-state index contributed by atoms with van der Waals surface area (Å²) in [5.41, 5.74) is 2.15. The summed E-state index contributed by atoms with van der Waals surface area (Å²) in [4.78, 5) is 14.0. The Hall–Kier alpha value is -1.88. The van der Waals surface area contributed by atoms with Crippen LogP contribution in [0.2, 0.25) is 0 Å². The van der Waals surface area contributed by atoms with Crippen LogP contribution in [0, 0.1) is 0 Å². The zero-order chi connectivity index (χ0) is 14.1. The maximum atomic E-state index is 11.8. The largest absolute Gasteiger partial charge is 0.468 e. The Morgan fingerprint density at radius 1 is 1.45 bits per heavy atom. The number of rotatable bonds is 3. The van der Waals surface area contributed by atoms with Crippen molar-refractivity contribution in [1.29, 1.82) is 0 Å². The van der Waals surface area contributed by atoms with Crippen molar-refractivity contribution in [2.24, 2.45) is 7.05 Å². The zero-order valence-corrected chi connectivity index (χ0v) is 11.9. The summed E-state index contributed by atoms with van der Waals surface area (Å²) in [6.07, 6.45) is 1.90. The lowest BCUT2D eigenvalue weighted by Crippen LogP contribution is -2.36. The molecule has 1 aliphatic heterocycles. The highest BCUT2D eigenvalue weighted by atomic mass is 16.5. The molecule has 1 unspecified atom stereocenters. The van der Waals surface area contributed by atoms with Crippen molar-refractivity contribution >= 4 is 16.9 Å². The molecule has 0 aliphatic carbocycles. The van der Waals surface area contributed by atoms with E-state index < -0.39 is 0 Å². The number of aromatic nitrogens is 2. The molecule has 5 nitrogen and oxygen atoms in total. The number of likely N-dealkylation sites (tertiary alicyclic amines) is 1. The molecule has 3 rings (SSSR count). The van der Waals surface area contributed by atoms with Crippen molar-refractivity contribution in [2.45, 2.75) is 25.4 Å². The second kappa shape index (κ2) is 5.25. The first-order valence-corrected chi connectivity index (χ1v) is 6.93. The molecule has 1 atom stereocenters. The summed E-state index contributed by atoms with van der Waals surface area (Å²) in [6, 6.07) is 8.06. The van der Waals surface area contributed by atoms with Gasteiger partial charge in [0.25, 0.3) is 0 Å². The highest BCUT2D eigenvalue weighted by molar-refractivity contribution is 5.82. The second-order valence-electron chi connectivity index (χ2n) is 5.24. The Kier molecular flexibility index (Phi) is 3.44. The van der Waals surface area contributed by atoms with Gasteiger partial charge in [0, 0.05) is 19.0 Å². The molecule has 0 N–H and O–H groups in total. The van der Waals surface area contributed by atoms with E-state index in [1.54, 1.807) is 0 Å². The van der Waals surface area contributed by atoms with Gasteiger partial charge in [-0.15, -0.1) is 0 Å². The van der Waals surface area contributed by atoms with Crippen LogP contribution < -0.4 is 0 Å². The lowest BCUT2D eigenvalue weighted by molar-refractivity contribution is -0.146. The number of nitrogens with zero attached hydrogens (tertiary/aromatic N) is 3. The first kappa shape index (κ1) is 13.1.